The van der Waals surface area contributed by atoms with Crippen molar-refractivity contribution in [2.45, 2.75) is 19.9 Å². The molecular formula is C16H16N4O3S. The molecule has 0 aliphatic heterocycles. The fourth-order valence-electron chi connectivity index (χ4n) is 2.30. The number of fused-ring (bicyclic) bond motifs is 1. The lowest BCUT2D eigenvalue weighted by molar-refractivity contribution is 0.0607. The maximum atomic E-state index is 12.4. The lowest BCUT2D eigenvalue weighted by Gasteiger charge is -2.07. The first-order chi connectivity index (χ1) is 11.5. The molecule has 8 heteroatoms. The Balaban J connectivity index is 1.87. The van der Waals surface area contributed by atoms with Crippen LogP contribution < -0.4 is 5.32 Å². The molecule has 1 N–H and O–H groups in total. The van der Waals surface area contributed by atoms with E-state index in [4.69, 9.17) is 4.74 Å². The average molecular weight is 344 g/mol. The van der Waals surface area contributed by atoms with Gasteiger partial charge in [-0.1, -0.05) is 0 Å². The van der Waals surface area contributed by atoms with Crippen molar-refractivity contribution in [1.29, 1.82) is 0 Å². The molecule has 0 radical (unpaired) electrons. The first kappa shape index (κ1) is 16.1. The zero-order chi connectivity index (χ0) is 17.3. The second-order valence-corrected chi connectivity index (χ2v) is 6.34. The van der Waals surface area contributed by atoms with Crippen molar-refractivity contribution < 1.29 is 14.3 Å². The second-order valence-electron chi connectivity index (χ2n) is 5.43. The standard InChI is InChI=1S/C16H16N4O3S/c1-9(2)20-14-10(8-18-20)6-11(7-17-14)15(21)19-12-4-5-24-13(12)16(22)23-3/h4-9H,1-3H3,(H,19,21). The summed E-state index contributed by atoms with van der Waals surface area (Å²) in [6, 6.07) is 3.58. The van der Waals surface area contributed by atoms with E-state index in [0.29, 0.717) is 16.1 Å². The molecule has 0 fully saturated rings. The summed E-state index contributed by atoms with van der Waals surface area (Å²) in [5.74, 6) is -0.822. The highest BCUT2D eigenvalue weighted by molar-refractivity contribution is 7.12. The number of carbonyl (C=O) groups is 2. The highest BCUT2D eigenvalue weighted by Gasteiger charge is 2.17. The Labute approximate surface area is 142 Å². The Kier molecular flexibility index (Phi) is 4.30. The minimum Gasteiger partial charge on any atom is -0.465 e. The number of thiophene rings is 1. The molecule has 3 aromatic heterocycles. The van der Waals surface area contributed by atoms with Gasteiger partial charge in [0.25, 0.3) is 5.91 Å². The SMILES string of the molecule is COC(=O)c1sccc1NC(=O)c1cnc2c(cnn2C(C)C)c1. The van der Waals surface area contributed by atoms with Crippen molar-refractivity contribution in [1.82, 2.24) is 14.8 Å². The van der Waals surface area contributed by atoms with Crippen LogP contribution in [0.2, 0.25) is 0 Å². The van der Waals surface area contributed by atoms with E-state index in [2.05, 4.69) is 15.4 Å². The summed E-state index contributed by atoms with van der Waals surface area (Å²) in [5, 5.41) is 9.51. The van der Waals surface area contributed by atoms with Crippen LogP contribution in [-0.4, -0.2) is 33.8 Å². The Bertz CT molecular complexity index is 913. The van der Waals surface area contributed by atoms with E-state index in [9.17, 15) is 9.59 Å². The lowest BCUT2D eigenvalue weighted by Crippen LogP contribution is -2.14. The summed E-state index contributed by atoms with van der Waals surface area (Å²) in [6.07, 6.45) is 3.19. The van der Waals surface area contributed by atoms with E-state index in [1.807, 2.05) is 13.8 Å². The van der Waals surface area contributed by atoms with Crippen LogP contribution in [0.3, 0.4) is 0 Å². The van der Waals surface area contributed by atoms with E-state index < -0.39 is 5.97 Å². The topological polar surface area (TPSA) is 86.1 Å². The third-order valence-electron chi connectivity index (χ3n) is 3.47. The second kappa shape index (κ2) is 6.40. The third kappa shape index (κ3) is 2.88. The van der Waals surface area contributed by atoms with Crippen molar-refractivity contribution in [3.63, 3.8) is 0 Å². The van der Waals surface area contributed by atoms with E-state index in [1.165, 1.54) is 24.6 Å². The summed E-state index contributed by atoms with van der Waals surface area (Å²) in [7, 11) is 1.30. The molecule has 0 atom stereocenters. The zero-order valence-electron chi connectivity index (χ0n) is 13.4. The summed E-state index contributed by atoms with van der Waals surface area (Å²) < 4.78 is 6.50. The number of ether oxygens (including phenoxy) is 1. The number of esters is 1. The number of amides is 1. The molecule has 0 aromatic carbocycles. The molecule has 7 nitrogen and oxygen atoms in total. The van der Waals surface area contributed by atoms with Gasteiger partial charge in [-0.25, -0.2) is 14.5 Å². The number of carbonyl (C=O) groups excluding carboxylic acids is 2. The molecule has 0 unspecified atom stereocenters. The number of nitrogens with one attached hydrogen (secondary N) is 1. The molecule has 0 bridgehead atoms. The number of hydrogen-bond donors (Lipinski definition) is 1. The normalized spacial score (nSPS) is 11.0. The number of hydrogen-bond acceptors (Lipinski definition) is 6. The number of rotatable bonds is 4. The van der Waals surface area contributed by atoms with Crippen molar-refractivity contribution >= 4 is 39.9 Å². The number of aromatic nitrogens is 3. The van der Waals surface area contributed by atoms with Gasteiger partial charge in [0.05, 0.1) is 24.6 Å². The molecule has 3 heterocycles. The van der Waals surface area contributed by atoms with E-state index in [0.717, 1.165) is 11.0 Å². The zero-order valence-corrected chi connectivity index (χ0v) is 14.3. The largest absolute Gasteiger partial charge is 0.465 e. The van der Waals surface area contributed by atoms with Crippen molar-refractivity contribution in [3.8, 4) is 0 Å². The van der Waals surface area contributed by atoms with Gasteiger partial charge in [-0.05, 0) is 31.4 Å². The van der Waals surface area contributed by atoms with Gasteiger partial charge in [-0.2, -0.15) is 5.10 Å². The van der Waals surface area contributed by atoms with E-state index in [-0.39, 0.29) is 11.9 Å². The Morgan fingerprint density at radius 2 is 2.12 bits per heavy atom. The van der Waals surface area contributed by atoms with Gasteiger partial charge in [0.2, 0.25) is 0 Å². The third-order valence-corrected chi connectivity index (χ3v) is 4.36. The smallest absolute Gasteiger partial charge is 0.350 e. The predicted molar refractivity (Wildman–Crippen MR) is 91.5 cm³/mol. The van der Waals surface area contributed by atoms with Crippen molar-refractivity contribution in [3.05, 3.63) is 40.3 Å². The molecule has 1 amide bonds. The molecule has 3 rings (SSSR count). The Morgan fingerprint density at radius 1 is 1.33 bits per heavy atom. The van der Waals surface area contributed by atoms with Crippen LogP contribution in [0, 0.1) is 0 Å². The van der Waals surface area contributed by atoms with Crippen LogP contribution in [0.5, 0.6) is 0 Å². The van der Waals surface area contributed by atoms with Gasteiger partial charge in [0.1, 0.15) is 4.88 Å². The monoisotopic (exact) mass is 344 g/mol. The minimum atomic E-state index is -0.480. The van der Waals surface area contributed by atoms with E-state index in [1.54, 1.807) is 28.4 Å². The van der Waals surface area contributed by atoms with Crippen LogP contribution in [0.15, 0.2) is 29.9 Å². The summed E-state index contributed by atoms with van der Waals surface area (Å²) in [6.45, 7) is 4.03. The summed E-state index contributed by atoms with van der Waals surface area (Å²) in [5.41, 5.74) is 1.55. The molecule has 0 aliphatic carbocycles. The van der Waals surface area contributed by atoms with Crippen LogP contribution in [0.1, 0.15) is 39.9 Å². The van der Waals surface area contributed by atoms with Gasteiger partial charge >= 0.3 is 5.97 Å². The summed E-state index contributed by atoms with van der Waals surface area (Å²) >= 11 is 1.21. The van der Waals surface area contributed by atoms with Crippen LogP contribution >= 0.6 is 11.3 Å². The Morgan fingerprint density at radius 3 is 2.83 bits per heavy atom. The average Bonchev–Trinajstić information content (AvgIpc) is 3.19. The van der Waals surface area contributed by atoms with Gasteiger partial charge in [-0.15, -0.1) is 11.3 Å². The number of pyridine rings is 1. The number of nitrogens with zero attached hydrogens (tertiary/aromatic N) is 3. The molecule has 0 spiro atoms. The van der Waals surface area contributed by atoms with Crippen molar-refractivity contribution in [2.24, 2.45) is 0 Å². The highest BCUT2D eigenvalue weighted by Crippen LogP contribution is 2.24. The maximum absolute atomic E-state index is 12.4. The molecule has 0 saturated heterocycles. The van der Waals surface area contributed by atoms with Gasteiger partial charge in [0.15, 0.2) is 5.65 Å². The molecule has 124 valence electrons. The van der Waals surface area contributed by atoms with Crippen LogP contribution in [-0.2, 0) is 4.74 Å². The first-order valence-electron chi connectivity index (χ1n) is 7.31. The summed E-state index contributed by atoms with van der Waals surface area (Å²) in [4.78, 5) is 28.8. The van der Waals surface area contributed by atoms with Crippen LogP contribution in [0.25, 0.3) is 11.0 Å². The predicted octanol–water partition coefficient (Wildman–Crippen LogP) is 3.11. The minimum absolute atomic E-state index is 0.183. The molecule has 24 heavy (non-hydrogen) atoms. The molecule has 0 aliphatic rings. The van der Waals surface area contributed by atoms with Gasteiger partial charge in [-0.3, -0.25) is 4.79 Å². The molecule has 0 saturated carbocycles. The fourth-order valence-corrected chi connectivity index (χ4v) is 3.06. The lowest BCUT2D eigenvalue weighted by atomic mass is 10.2. The molecular weight excluding hydrogens is 328 g/mol. The Hall–Kier alpha value is -2.74. The first-order valence-corrected chi connectivity index (χ1v) is 8.19. The van der Waals surface area contributed by atoms with Crippen molar-refractivity contribution in [2.75, 3.05) is 12.4 Å². The quantitative estimate of drug-likeness (QED) is 0.735. The number of methoxy groups -OCH3 is 1. The molecule has 3 aromatic rings. The highest BCUT2D eigenvalue weighted by atomic mass is 32.1. The fraction of sp³-hybridized carbons (Fsp3) is 0.250. The number of anilines is 1. The van der Waals surface area contributed by atoms with E-state index >= 15 is 0 Å². The van der Waals surface area contributed by atoms with Gasteiger partial charge in [0, 0.05) is 17.6 Å². The van der Waals surface area contributed by atoms with Crippen LogP contribution in [0.4, 0.5) is 5.69 Å². The maximum Gasteiger partial charge on any atom is 0.350 e. The van der Waals surface area contributed by atoms with Gasteiger partial charge < -0.3 is 10.1 Å².